The number of nitrogens with one attached hydrogen (secondary N) is 2. The van der Waals surface area contributed by atoms with Crippen LogP contribution in [0.15, 0.2) is 23.1 Å². The van der Waals surface area contributed by atoms with Crippen LogP contribution in [0.1, 0.15) is 24.8 Å². The molecule has 3 rings (SSSR count). The van der Waals surface area contributed by atoms with E-state index in [9.17, 15) is 0 Å². The molecular weight excluding hydrogens is 290 g/mol. The molecule has 1 aromatic heterocycles. The Morgan fingerprint density at radius 3 is 2.80 bits per heavy atom. The molecule has 1 heterocycles. The van der Waals surface area contributed by atoms with E-state index in [-0.39, 0.29) is 0 Å². The second-order valence-electron chi connectivity index (χ2n) is 5.27. The number of rotatable bonds is 5. The molecule has 2 aromatic rings. The summed E-state index contributed by atoms with van der Waals surface area (Å²) in [6, 6.07) is 5.97. The zero-order valence-electron chi connectivity index (χ0n) is 11.4. The van der Waals surface area contributed by atoms with Crippen molar-refractivity contribution in [1.82, 2.24) is 14.9 Å². The Bertz CT molecular complexity index is 621. The molecule has 1 saturated carbocycles. The highest BCUT2D eigenvalue weighted by molar-refractivity contribution is 7.97. The van der Waals surface area contributed by atoms with Crippen molar-refractivity contribution >= 4 is 39.8 Å². The van der Waals surface area contributed by atoms with Gasteiger partial charge in [0.25, 0.3) is 0 Å². The van der Waals surface area contributed by atoms with Crippen molar-refractivity contribution in [3.63, 3.8) is 0 Å². The first-order valence-corrected chi connectivity index (χ1v) is 8.08. The topological polar surface area (TPSA) is 75.9 Å². The summed E-state index contributed by atoms with van der Waals surface area (Å²) in [6.45, 7) is 4.17. The van der Waals surface area contributed by atoms with Gasteiger partial charge in [0, 0.05) is 10.4 Å². The van der Waals surface area contributed by atoms with Crippen LogP contribution in [0, 0.1) is 6.92 Å². The number of nitrogens with zero attached hydrogens (tertiary/aromatic N) is 2. The lowest BCUT2D eigenvalue weighted by Crippen LogP contribution is -2.19. The minimum Gasteiger partial charge on any atom is -0.397 e. The average molecular weight is 307 g/mol. The summed E-state index contributed by atoms with van der Waals surface area (Å²) < 4.78 is 3.49. The Morgan fingerprint density at radius 1 is 1.35 bits per heavy atom. The zero-order chi connectivity index (χ0) is 14.2. The molecule has 0 saturated heterocycles. The van der Waals surface area contributed by atoms with E-state index in [1.165, 1.54) is 24.2 Å². The number of hydrogen-bond donors (Lipinski definition) is 3. The average Bonchev–Trinajstić information content (AvgIpc) is 3.01. The maximum atomic E-state index is 6.00. The predicted molar refractivity (Wildman–Crippen MR) is 85.4 cm³/mol. The Balaban J connectivity index is 1.72. The summed E-state index contributed by atoms with van der Waals surface area (Å²) in [5.74, 6) is 0. The SMILES string of the molecule is Cc1nnc(Nc2cc(SNC3(C)CC3)ccc2N)s1. The van der Waals surface area contributed by atoms with Crippen LogP contribution in [0.25, 0.3) is 0 Å². The second kappa shape index (κ2) is 5.23. The number of hydrogen-bond acceptors (Lipinski definition) is 7. The lowest BCUT2D eigenvalue weighted by molar-refractivity contribution is 0.701. The molecule has 5 nitrogen and oxygen atoms in total. The quantitative estimate of drug-likeness (QED) is 0.581. The summed E-state index contributed by atoms with van der Waals surface area (Å²) in [5, 5.41) is 13.0. The van der Waals surface area contributed by atoms with Crippen LogP contribution in [-0.2, 0) is 0 Å². The summed E-state index contributed by atoms with van der Waals surface area (Å²) in [6.07, 6.45) is 2.48. The summed E-state index contributed by atoms with van der Waals surface area (Å²) in [4.78, 5) is 1.14. The Hall–Kier alpha value is -1.31. The van der Waals surface area contributed by atoms with Crippen LogP contribution >= 0.6 is 23.3 Å². The molecule has 1 aromatic carbocycles. The van der Waals surface area contributed by atoms with Crippen LogP contribution in [0.5, 0.6) is 0 Å². The number of aromatic nitrogens is 2. The van der Waals surface area contributed by atoms with Gasteiger partial charge in [0.1, 0.15) is 5.01 Å². The van der Waals surface area contributed by atoms with E-state index in [4.69, 9.17) is 5.73 Å². The smallest absolute Gasteiger partial charge is 0.210 e. The fraction of sp³-hybridized carbons (Fsp3) is 0.385. The van der Waals surface area contributed by atoms with E-state index in [1.807, 2.05) is 25.1 Å². The molecule has 0 bridgehead atoms. The van der Waals surface area contributed by atoms with Crippen molar-refractivity contribution in [2.75, 3.05) is 11.1 Å². The lowest BCUT2D eigenvalue weighted by atomic mass is 10.3. The molecule has 0 atom stereocenters. The van der Waals surface area contributed by atoms with Gasteiger partial charge in [-0.1, -0.05) is 11.3 Å². The minimum absolute atomic E-state index is 0.302. The summed E-state index contributed by atoms with van der Waals surface area (Å²) in [5.41, 5.74) is 7.88. The van der Waals surface area contributed by atoms with Crippen molar-refractivity contribution in [2.45, 2.75) is 37.1 Å². The van der Waals surface area contributed by atoms with Crippen LogP contribution in [0.2, 0.25) is 0 Å². The van der Waals surface area contributed by atoms with Gasteiger partial charge in [0.05, 0.1) is 11.4 Å². The molecule has 0 spiro atoms. The van der Waals surface area contributed by atoms with Gasteiger partial charge < -0.3 is 11.1 Å². The number of nitrogens with two attached hydrogens (primary N) is 1. The first-order valence-electron chi connectivity index (χ1n) is 6.45. The summed E-state index contributed by atoms with van der Waals surface area (Å²) >= 11 is 3.16. The van der Waals surface area contributed by atoms with Gasteiger partial charge in [-0.25, -0.2) is 0 Å². The van der Waals surface area contributed by atoms with Gasteiger partial charge in [-0.15, -0.1) is 10.2 Å². The highest BCUT2D eigenvalue weighted by Crippen LogP contribution is 2.38. The summed E-state index contributed by atoms with van der Waals surface area (Å²) in [7, 11) is 0. The van der Waals surface area contributed by atoms with E-state index in [2.05, 4.69) is 27.2 Å². The van der Waals surface area contributed by atoms with E-state index in [1.54, 1.807) is 11.9 Å². The van der Waals surface area contributed by atoms with Gasteiger partial charge in [-0.05, 0) is 56.8 Å². The molecular formula is C13H17N5S2. The van der Waals surface area contributed by atoms with E-state index in [0.717, 1.165) is 20.7 Å². The standard InChI is InChI=1S/C13H17N5S2/c1-8-16-17-12(19-8)15-11-7-9(3-4-10(11)14)20-18-13(2)5-6-13/h3-4,7,18H,5-6,14H2,1-2H3,(H,15,17). The molecule has 20 heavy (non-hydrogen) atoms. The van der Waals surface area contributed by atoms with Crippen molar-refractivity contribution in [3.05, 3.63) is 23.2 Å². The lowest BCUT2D eigenvalue weighted by Gasteiger charge is -2.12. The number of benzene rings is 1. The number of anilines is 3. The van der Waals surface area contributed by atoms with Crippen molar-refractivity contribution in [2.24, 2.45) is 0 Å². The first-order chi connectivity index (χ1) is 9.54. The molecule has 1 fully saturated rings. The maximum Gasteiger partial charge on any atom is 0.210 e. The monoisotopic (exact) mass is 307 g/mol. The van der Waals surface area contributed by atoms with Crippen molar-refractivity contribution < 1.29 is 0 Å². The van der Waals surface area contributed by atoms with Gasteiger partial charge in [0.15, 0.2) is 0 Å². The molecule has 0 unspecified atom stereocenters. The van der Waals surface area contributed by atoms with Crippen LogP contribution in [0.3, 0.4) is 0 Å². The van der Waals surface area contributed by atoms with Crippen LogP contribution in [-0.4, -0.2) is 15.7 Å². The third-order valence-electron chi connectivity index (χ3n) is 3.21. The van der Waals surface area contributed by atoms with E-state index >= 15 is 0 Å². The van der Waals surface area contributed by atoms with Gasteiger partial charge in [-0.3, -0.25) is 4.72 Å². The molecule has 4 N–H and O–H groups in total. The number of nitrogen functional groups attached to an aromatic ring is 1. The second-order valence-corrected chi connectivity index (χ2v) is 7.33. The highest BCUT2D eigenvalue weighted by atomic mass is 32.2. The van der Waals surface area contributed by atoms with Crippen molar-refractivity contribution in [1.29, 1.82) is 0 Å². The van der Waals surface area contributed by atoms with Gasteiger partial charge >= 0.3 is 0 Å². The zero-order valence-corrected chi connectivity index (χ0v) is 13.1. The van der Waals surface area contributed by atoms with Crippen LogP contribution in [0.4, 0.5) is 16.5 Å². The molecule has 0 radical (unpaired) electrons. The number of aryl methyl sites for hydroxylation is 1. The molecule has 0 amide bonds. The normalized spacial score (nSPS) is 16.1. The van der Waals surface area contributed by atoms with Gasteiger partial charge in [-0.2, -0.15) is 0 Å². The Morgan fingerprint density at radius 2 is 2.15 bits per heavy atom. The third kappa shape index (κ3) is 3.23. The third-order valence-corrected chi connectivity index (χ3v) is 5.05. The molecule has 106 valence electrons. The molecule has 7 heteroatoms. The maximum absolute atomic E-state index is 6.00. The van der Waals surface area contributed by atoms with Crippen molar-refractivity contribution in [3.8, 4) is 0 Å². The molecule has 1 aliphatic carbocycles. The van der Waals surface area contributed by atoms with E-state index < -0.39 is 0 Å². The molecule has 0 aliphatic heterocycles. The Labute approximate surface area is 126 Å². The largest absolute Gasteiger partial charge is 0.397 e. The Kier molecular flexibility index (Phi) is 3.57. The minimum atomic E-state index is 0.302. The van der Waals surface area contributed by atoms with Crippen LogP contribution < -0.4 is 15.8 Å². The predicted octanol–water partition coefficient (Wildman–Crippen LogP) is 3.32. The fourth-order valence-electron chi connectivity index (χ4n) is 1.64. The first kappa shape index (κ1) is 13.7. The molecule has 1 aliphatic rings. The fourth-order valence-corrected chi connectivity index (χ4v) is 3.13. The highest BCUT2D eigenvalue weighted by Gasteiger charge is 2.37. The van der Waals surface area contributed by atoms with E-state index in [0.29, 0.717) is 11.2 Å². The van der Waals surface area contributed by atoms with Gasteiger partial charge in [0.2, 0.25) is 5.13 Å².